The van der Waals surface area contributed by atoms with Crippen molar-refractivity contribution < 1.29 is 88.5 Å². The minimum absolute atomic E-state index is 0. The second-order valence-electron chi connectivity index (χ2n) is 21.2. The van der Waals surface area contributed by atoms with Crippen LogP contribution in [0, 0.1) is 20.4 Å². The number of nitrogen functional groups attached to an aromatic ring is 1. The normalized spacial score (nSPS) is 30.1. The third-order valence-corrected chi connectivity index (χ3v) is 18.0. The number of imidazole rings is 3. The molecule has 1 unspecified atom stereocenters. The topological polar surface area (TPSA) is 378 Å². The quantitative estimate of drug-likeness (QED) is 0.0217. The van der Waals surface area contributed by atoms with E-state index in [9.17, 15) is 24.6 Å². The summed E-state index contributed by atoms with van der Waals surface area (Å²) in [6.07, 6.45) is 1.69. The molecule has 0 aliphatic carbocycles. The Morgan fingerprint density at radius 3 is 1.74 bits per heavy atom. The zero-order chi connectivity index (χ0) is 62.3. The minimum atomic E-state index is -1.57. The Morgan fingerprint density at radius 2 is 1.28 bits per heavy atom. The molecule has 6 aliphatic heterocycles. The predicted molar refractivity (Wildman–Crippen MR) is 301 cm³/mol. The minimum Gasteiger partial charge on any atom is -0.555 e. The zero-order valence-electron chi connectivity index (χ0n) is 51.2. The molecule has 8 N–H and O–H groups in total. The van der Waals surface area contributed by atoms with E-state index in [1.54, 1.807) is 51.9 Å². The fraction of sp³-hybridized carbons (Fsp3) is 0.673. The molecule has 6 aromatic heterocycles. The summed E-state index contributed by atoms with van der Waals surface area (Å²) >= 11 is 0. The van der Waals surface area contributed by atoms with E-state index in [4.69, 9.17) is 57.4 Å². The number of nitrogens with two attached hydrogens (primary N) is 1. The number of aromatic amines is 3. The Bertz CT molecular complexity index is 3570. The van der Waals surface area contributed by atoms with Crippen LogP contribution in [0.5, 0.6) is 0 Å². The molecular formula is C49H73N18NaO15P2. The molecular weight excluding hydrogens is 1170 g/mol. The van der Waals surface area contributed by atoms with E-state index in [1.807, 2.05) is 12.0 Å². The van der Waals surface area contributed by atoms with Crippen LogP contribution in [0.25, 0.3) is 38.3 Å². The van der Waals surface area contributed by atoms with E-state index in [0.717, 1.165) is 6.42 Å². The summed E-state index contributed by atoms with van der Waals surface area (Å²) in [5.41, 5.74) is 3.70. The number of fused-ring (bicyclic) bond motifs is 9. The van der Waals surface area contributed by atoms with Crippen LogP contribution in [0.2, 0.25) is 0 Å². The van der Waals surface area contributed by atoms with Crippen LogP contribution >= 0.6 is 18.0 Å². The second-order valence-corrected chi connectivity index (χ2v) is 22.9. The number of hydroxylamine groups is 6. The van der Waals surface area contributed by atoms with E-state index >= 15 is 0 Å². The van der Waals surface area contributed by atoms with E-state index in [1.165, 1.54) is 33.2 Å². The van der Waals surface area contributed by atoms with Gasteiger partial charge in [-0.1, -0.05) is 6.92 Å². The standard InChI is InChI=1S/C22H34N7O5P.C13H18N6O4P.C13H17N5O5.CH4O.Na/c1-13(2)29(14(3)4)35(32-10-9-23-7)34-18-17-21(33-22(18,6)11-28(17)31-8)27-12-24-16-19(27)25-15(5)26-20(16)30;1-3-13-4-19(21-2)7(8(13)23-24)11(22-13)18-5-15-6-9(18)16-12(14)17-10(6)20;1-6-15-10-7(11(21)16-6)14-5-17(10)12-8-9(20)13(4-19,23-12)3-18(8)22-2;1-2;/h12-14,17-18,21H,9-11H2,1-6,8H3,(H,25,26,30);5,7-8,11,24H,3-4H2,1-2H3,(H3,14,16,17,20);5,8-9,12,19-20H,3-4H2,1-2H3,(H,15,16,21);2H,1H3;/q;-1;;;+1/t17-,18+,21-,22+,35?;7-,8+,11-,13+;8-,9+,12-,13-;;/m111../s1/i6D;;;2T;. The van der Waals surface area contributed by atoms with E-state index in [0.29, 0.717) is 41.7 Å². The maximum atomic E-state index is 12.4. The number of aromatic nitrogens is 12. The molecule has 13 atom stereocenters. The van der Waals surface area contributed by atoms with E-state index in [-0.39, 0.29) is 126 Å². The molecule has 0 aromatic carbocycles. The smallest absolute Gasteiger partial charge is 0.555 e. The molecule has 12 rings (SSSR count). The summed E-state index contributed by atoms with van der Waals surface area (Å²) in [4.78, 5) is 89.5. The molecule has 460 valence electrons. The van der Waals surface area contributed by atoms with Crippen LogP contribution in [-0.4, -0.2) is 228 Å². The number of aliphatic hydroxyl groups excluding tert-OH is 3. The number of hydrogen-bond acceptors (Lipinski definition) is 26. The number of nitrogens with one attached hydrogen (secondary N) is 3. The van der Waals surface area contributed by atoms with E-state index in [2.05, 4.69) is 96.6 Å². The number of rotatable bonds is 17. The van der Waals surface area contributed by atoms with Gasteiger partial charge in [0.05, 0.1) is 72.7 Å². The number of ether oxygens (including phenoxy) is 3. The van der Waals surface area contributed by atoms with Crippen molar-refractivity contribution >= 4 is 57.4 Å². The van der Waals surface area contributed by atoms with Crippen LogP contribution in [-0.2, 0) is 42.3 Å². The van der Waals surface area contributed by atoms with Gasteiger partial charge in [-0.25, -0.2) is 36.2 Å². The number of aryl methyl sites for hydroxylation is 2. The SMILES string of the molecule is CC[C@@]12CN(OC)[C@@H]([C@H](n3cnc4c(=O)[nH]c(N)nc43)O1)[C@@H]2O[PH-].CON1C[C@]2(CO)O[C@@H](n3cnc4c(=O)[nH]c(C)nc43)[C@H]1[C@@H]2O.[2H]C[C@@]12CN(OC)[C@@H]([C@H](n3cnc4c(=O)[nH]c(C)nc43)O1)[C@@H]2OP(OCC[N+]#[C-])N(C(C)C)C(C)C.[3H]OC.[Na+]. The Kier molecular flexibility index (Phi) is 20.0. The van der Waals surface area contributed by atoms with Crippen molar-refractivity contribution in [1.82, 2.24) is 78.4 Å². The molecule has 0 amide bonds. The Hall–Kier alpha value is -4.44. The van der Waals surface area contributed by atoms with Gasteiger partial charge in [0.1, 0.15) is 65.4 Å². The third kappa shape index (κ3) is 11.8. The number of anilines is 1. The fourth-order valence-corrected chi connectivity index (χ4v) is 14.2. The van der Waals surface area contributed by atoms with Crippen molar-refractivity contribution in [3.63, 3.8) is 0 Å². The van der Waals surface area contributed by atoms with Gasteiger partial charge in [0, 0.05) is 20.6 Å². The Morgan fingerprint density at radius 1 is 0.824 bits per heavy atom. The Balaban J connectivity index is 0.000000170. The number of nitrogens with zero attached hydrogens (tertiary/aromatic N) is 14. The Labute approximate surface area is 515 Å². The zero-order valence-corrected chi connectivity index (χ0v) is 53.1. The average Bonchev–Trinajstić information content (AvgIpc) is 1.95. The first kappa shape index (κ1) is 63.6. The van der Waals surface area contributed by atoms with Gasteiger partial charge in [0.15, 0.2) is 52.2 Å². The maximum absolute atomic E-state index is 12.4. The number of hydrogen-bond donors (Lipinski definition) is 7. The van der Waals surface area contributed by atoms with Gasteiger partial charge in [-0.2, -0.15) is 20.2 Å². The predicted octanol–water partition coefficient (Wildman–Crippen LogP) is -2.40. The molecule has 0 spiro atoms. The summed E-state index contributed by atoms with van der Waals surface area (Å²) in [7, 11) is 7.57. The summed E-state index contributed by atoms with van der Waals surface area (Å²) in [5, 5.41) is 28.8. The molecule has 6 bridgehead atoms. The molecule has 6 fully saturated rings. The molecule has 6 aromatic rings. The molecule has 33 nitrogen and oxygen atoms in total. The largest absolute Gasteiger partial charge is 1.00 e. The number of morpholine rings is 3. The van der Waals surface area contributed by atoms with Crippen molar-refractivity contribution in [3.8, 4) is 0 Å². The van der Waals surface area contributed by atoms with Crippen molar-refractivity contribution in [3.05, 3.63) is 73.1 Å². The molecule has 36 heteroatoms. The second kappa shape index (κ2) is 26.7. The van der Waals surface area contributed by atoms with Gasteiger partial charge < -0.3 is 87.6 Å². The molecule has 6 aliphatic rings. The summed E-state index contributed by atoms with van der Waals surface area (Å²) in [5.74, 6) is 0.942. The number of H-pyrrole nitrogens is 3. The van der Waals surface area contributed by atoms with Gasteiger partial charge in [0.25, 0.3) is 25.2 Å². The molecule has 0 radical (unpaired) electrons. The average molecular weight is 1240 g/mol. The third-order valence-electron chi connectivity index (χ3n) is 15.7. The first-order valence-electron chi connectivity index (χ1n) is 27.9. The van der Waals surface area contributed by atoms with Crippen LogP contribution in [0.15, 0.2) is 33.4 Å². The monoisotopic (exact) mass is 1240 g/mol. The van der Waals surface area contributed by atoms with Crippen molar-refractivity contribution in [1.29, 1.82) is 1.43 Å². The van der Waals surface area contributed by atoms with Crippen molar-refractivity contribution in [2.45, 2.75) is 146 Å². The molecule has 12 heterocycles. The van der Waals surface area contributed by atoms with E-state index < -0.39 is 68.3 Å². The fourth-order valence-electron chi connectivity index (χ4n) is 12.0. The molecule has 6 saturated heterocycles. The van der Waals surface area contributed by atoms with Gasteiger partial charge in [0.2, 0.25) is 13.9 Å². The maximum Gasteiger partial charge on any atom is 1.00 e. The van der Waals surface area contributed by atoms with Gasteiger partial charge in [-0.15, -0.1) is 0 Å². The van der Waals surface area contributed by atoms with Crippen LogP contribution in [0.4, 0.5) is 5.95 Å². The van der Waals surface area contributed by atoms with Gasteiger partial charge in [-0.05, 0) is 54.9 Å². The molecule has 85 heavy (non-hydrogen) atoms. The first-order chi connectivity index (χ1) is 41.1. The first-order valence-corrected chi connectivity index (χ1v) is 28.3. The van der Waals surface area contributed by atoms with Crippen molar-refractivity contribution in [2.75, 3.05) is 73.6 Å². The summed E-state index contributed by atoms with van der Waals surface area (Å²) in [6, 6.07) is -0.962. The van der Waals surface area contributed by atoms with Crippen LogP contribution in [0.3, 0.4) is 0 Å². The summed E-state index contributed by atoms with van der Waals surface area (Å²) < 4.78 is 58.5. The van der Waals surface area contributed by atoms with Gasteiger partial charge >= 0.3 is 29.6 Å². The van der Waals surface area contributed by atoms with Crippen LogP contribution in [0.1, 0.15) is 79.6 Å². The molecule has 0 saturated carbocycles. The van der Waals surface area contributed by atoms with Crippen LogP contribution < -0.4 is 52.0 Å². The van der Waals surface area contributed by atoms with Gasteiger partial charge in [-0.3, -0.25) is 33.1 Å². The van der Waals surface area contributed by atoms with Crippen molar-refractivity contribution in [2.24, 2.45) is 0 Å². The number of aliphatic hydroxyl groups is 3. The summed E-state index contributed by atoms with van der Waals surface area (Å²) in [6.45, 7) is 22.1.